The molecule has 3 aliphatic heterocycles. The monoisotopic (exact) mass is 341 g/mol. The maximum atomic E-state index is 12.7. The molecule has 3 saturated heterocycles. The molecule has 0 bridgehead atoms. The van der Waals surface area contributed by atoms with Crippen LogP contribution in [0.3, 0.4) is 0 Å². The Hall–Kier alpha value is -1.39. The first-order valence-corrected chi connectivity index (χ1v) is 10.1. The Balaban J connectivity index is 1.29. The van der Waals surface area contributed by atoms with E-state index in [1.54, 1.807) is 0 Å². The van der Waals surface area contributed by atoms with Crippen LogP contribution in [0.15, 0.2) is 24.3 Å². The standard InChI is InChI=1S/C21H31N3O/c1-17-6-2-3-13-24(17)20-15-23(16-20)21(25)19-9-7-18(8-10-19)14-22-11-4-5-12-22/h7-10,17,20H,2-6,11-16H2,1H3. The number of carbonyl (C=O) groups is 1. The number of hydrogen-bond acceptors (Lipinski definition) is 3. The zero-order valence-corrected chi connectivity index (χ0v) is 15.5. The summed E-state index contributed by atoms with van der Waals surface area (Å²) >= 11 is 0. The Labute approximate surface area is 151 Å². The van der Waals surface area contributed by atoms with Gasteiger partial charge in [0.25, 0.3) is 5.91 Å². The van der Waals surface area contributed by atoms with E-state index in [2.05, 4.69) is 28.9 Å². The normalized spacial score (nSPS) is 26.0. The van der Waals surface area contributed by atoms with Crippen molar-refractivity contribution in [3.05, 3.63) is 35.4 Å². The minimum Gasteiger partial charge on any atom is -0.335 e. The Morgan fingerprint density at radius 3 is 2.36 bits per heavy atom. The third-order valence-electron chi connectivity index (χ3n) is 6.28. The molecule has 1 unspecified atom stereocenters. The van der Waals surface area contributed by atoms with Crippen molar-refractivity contribution < 1.29 is 4.79 Å². The predicted molar refractivity (Wildman–Crippen MR) is 101 cm³/mol. The summed E-state index contributed by atoms with van der Waals surface area (Å²) < 4.78 is 0. The summed E-state index contributed by atoms with van der Waals surface area (Å²) in [5.41, 5.74) is 2.16. The lowest BCUT2D eigenvalue weighted by Crippen LogP contribution is -2.63. The summed E-state index contributed by atoms with van der Waals surface area (Å²) in [6, 6.07) is 9.56. The largest absolute Gasteiger partial charge is 0.335 e. The molecule has 25 heavy (non-hydrogen) atoms. The number of likely N-dealkylation sites (tertiary alicyclic amines) is 3. The zero-order chi connectivity index (χ0) is 17.2. The van der Waals surface area contributed by atoms with Gasteiger partial charge in [0.2, 0.25) is 0 Å². The molecule has 3 aliphatic rings. The second-order valence-corrected chi connectivity index (χ2v) is 8.13. The highest BCUT2D eigenvalue weighted by Crippen LogP contribution is 2.25. The molecule has 0 saturated carbocycles. The SMILES string of the molecule is CC1CCCCN1C1CN(C(=O)c2ccc(CN3CCCC3)cc2)C1. The lowest BCUT2D eigenvalue weighted by atomic mass is 9.97. The summed E-state index contributed by atoms with van der Waals surface area (Å²) in [6.07, 6.45) is 6.62. The fourth-order valence-corrected chi connectivity index (χ4v) is 4.63. The molecular weight excluding hydrogens is 310 g/mol. The van der Waals surface area contributed by atoms with Crippen molar-refractivity contribution >= 4 is 5.91 Å². The molecule has 3 fully saturated rings. The number of carbonyl (C=O) groups excluding carboxylic acids is 1. The third kappa shape index (κ3) is 3.75. The quantitative estimate of drug-likeness (QED) is 0.842. The first-order chi connectivity index (χ1) is 12.2. The van der Waals surface area contributed by atoms with Gasteiger partial charge in [-0.2, -0.15) is 0 Å². The summed E-state index contributed by atoms with van der Waals surface area (Å²) in [5.74, 6) is 0.202. The average molecular weight is 341 g/mol. The smallest absolute Gasteiger partial charge is 0.253 e. The van der Waals surface area contributed by atoms with Crippen LogP contribution in [0.4, 0.5) is 0 Å². The van der Waals surface area contributed by atoms with Crippen LogP contribution < -0.4 is 0 Å². The highest BCUT2D eigenvalue weighted by molar-refractivity contribution is 5.94. The van der Waals surface area contributed by atoms with E-state index >= 15 is 0 Å². The van der Waals surface area contributed by atoms with Gasteiger partial charge in [0.15, 0.2) is 0 Å². The molecule has 136 valence electrons. The van der Waals surface area contributed by atoms with Gasteiger partial charge in [-0.3, -0.25) is 14.6 Å². The van der Waals surface area contributed by atoms with E-state index in [1.165, 1.54) is 57.3 Å². The Bertz CT molecular complexity index is 588. The van der Waals surface area contributed by atoms with Crippen molar-refractivity contribution in [2.24, 2.45) is 0 Å². The number of nitrogens with zero attached hydrogens (tertiary/aromatic N) is 3. The summed E-state index contributed by atoms with van der Waals surface area (Å²) in [7, 11) is 0. The molecule has 0 aromatic heterocycles. The van der Waals surface area contributed by atoms with E-state index < -0.39 is 0 Å². The number of rotatable bonds is 4. The van der Waals surface area contributed by atoms with Gasteiger partial charge in [-0.05, 0) is 69.9 Å². The molecule has 1 amide bonds. The minimum atomic E-state index is 0.202. The first kappa shape index (κ1) is 17.0. The molecule has 4 rings (SSSR count). The molecule has 4 heteroatoms. The summed E-state index contributed by atoms with van der Waals surface area (Å²) in [4.78, 5) is 19.8. The van der Waals surface area contributed by atoms with Crippen molar-refractivity contribution in [2.75, 3.05) is 32.7 Å². The van der Waals surface area contributed by atoms with Gasteiger partial charge in [0.1, 0.15) is 0 Å². The number of hydrogen-bond donors (Lipinski definition) is 0. The zero-order valence-electron chi connectivity index (χ0n) is 15.5. The highest BCUT2D eigenvalue weighted by atomic mass is 16.2. The number of amides is 1. The van der Waals surface area contributed by atoms with Crippen LogP contribution in [0.5, 0.6) is 0 Å². The molecule has 0 N–H and O–H groups in total. The van der Waals surface area contributed by atoms with E-state index in [1.807, 2.05) is 17.0 Å². The van der Waals surface area contributed by atoms with E-state index in [-0.39, 0.29) is 5.91 Å². The van der Waals surface area contributed by atoms with Crippen molar-refractivity contribution in [1.82, 2.24) is 14.7 Å². The Morgan fingerprint density at radius 1 is 1.00 bits per heavy atom. The van der Waals surface area contributed by atoms with Crippen molar-refractivity contribution in [3.63, 3.8) is 0 Å². The second-order valence-electron chi connectivity index (χ2n) is 8.13. The molecule has 4 nitrogen and oxygen atoms in total. The van der Waals surface area contributed by atoms with E-state index in [0.717, 1.165) is 25.2 Å². The fraction of sp³-hybridized carbons (Fsp3) is 0.667. The highest BCUT2D eigenvalue weighted by Gasteiger charge is 2.37. The summed E-state index contributed by atoms with van der Waals surface area (Å²) in [6.45, 7) is 8.79. The topological polar surface area (TPSA) is 26.8 Å². The molecule has 1 aromatic rings. The van der Waals surface area contributed by atoms with Gasteiger partial charge in [0, 0.05) is 37.3 Å². The molecule has 0 spiro atoms. The van der Waals surface area contributed by atoms with Gasteiger partial charge >= 0.3 is 0 Å². The van der Waals surface area contributed by atoms with Crippen LogP contribution in [0.1, 0.15) is 54.9 Å². The Kier molecular flexibility index (Phi) is 5.09. The average Bonchev–Trinajstić information content (AvgIpc) is 3.09. The van der Waals surface area contributed by atoms with Crippen molar-refractivity contribution in [2.45, 2.75) is 57.7 Å². The number of piperidine rings is 1. The maximum absolute atomic E-state index is 12.7. The molecular formula is C21H31N3O. The molecule has 3 heterocycles. The molecule has 1 atom stereocenters. The molecule has 0 aliphatic carbocycles. The van der Waals surface area contributed by atoms with E-state index in [4.69, 9.17) is 0 Å². The predicted octanol–water partition coefficient (Wildman–Crippen LogP) is 2.98. The van der Waals surface area contributed by atoms with Gasteiger partial charge in [-0.15, -0.1) is 0 Å². The Morgan fingerprint density at radius 2 is 1.68 bits per heavy atom. The maximum Gasteiger partial charge on any atom is 0.253 e. The van der Waals surface area contributed by atoms with Gasteiger partial charge in [0.05, 0.1) is 0 Å². The van der Waals surface area contributed by atoms with Crippen LogP contribution in [0, 0.1) is 0 Å². The lowest BCUT2D eigenvalue weighted by molar-refractivity contribution is 0.00213. The third-order valence-corrected chi connectivity index (χ3v) is 6.28. The van der Waals surface area contributed by atoms with Crippen molar-refractivity contribution in [1.29, 1.82) is 0 Å². The van der Waals surface area contributed by atoms with Crippen LogP contribution >= 0.6 is 0 Å². The van der Waals surface area contributed by atoms with Gasteiger partial charge in [-0.1, -0.05) is 18.6 Å². The van der Waals surface area contributed by atoms with E-state index in [0.29, 0.717) is 12.1 Å². The molecule has 1 aromatic carbocycles. The number of benzene rings is 1. The van der Waals surface area contributed by atoms with Crippen LogP contribution in [0.25, 0.3) is 0 Å². The van der Waals surface area contributed by atoms with Gasteiger partial charge < -0.3 is 4.90 Å². The van der Waals surface area contributed by atoms with Crippen molar-refractivity contribution in [3.8, 4) is 0 Å². The summed E-state index contributed by atoms with van der Waals surface area (Å²) in [5, 5.41) is 0. The van der Waals surface area contributed by atoms with E-state index in [9.17, 15) is 4.79 Å². The van der Waals surface area contributed by atoms with Crippen LogP contribution in [0.2, 0.25) is 0 Å². The fourth-order valence-electron chi connectivity index (χ4n) is 4.63. The van der Waals surface area contributed by atoms with Crippen LogP contribution in [-0.4, -0.2) is 65.4 Å². The minimum absolute atomic E-state index is 0.202. The van der Waals surface area contributed by atoms with Crippen LogP contribution in [-0.2, 0) is 6.54 Å². The first-order valence-electron chi connectivity index (χ1n) is 10.1. The van der Waals surface area contributed by atoms with Gasteiger partial charge in [-0.25, -0.2) is 0 Å². The lowest BCUT2D eigenvalue weighted by Gasteiger charge is -2.49. The molecule has 0 radical (unpaired) electrons. The second kappa shape index (κ2) is 7.46.